The van der Waals surface area contributed by atoms with Crippen molar-refractivity contribution < 1.29 is 18.5 Å². The van der Waals surface area contributed by atoms with Gasteiger partial charge in [0, 0.05) is 17.7 Å². The van der Waals surface area contributed by atoms with Crippen LogP contribution in [0.5, 0.6) is 0 Å². The Morgan fingerprint density at radius 3 is 2.36 bits per heavy atom. The van der Waals surface area contributed by atoms with Crippen molar-refractivity contribution in [3.8, 4) is 0 Å². The van der Waals surface area contributed by atoms with Crippen LogP contribution < -0.4 is 10.2 Å². The number of nitrogens with one attached hydrogen (secondary N) is 2. The Morgan fingerprint density at radius 1 is 1.05 bits per heavy atom. The quantitative estimate of drug-likeness (QED) is 0.863. The summed E-state index contributed by atoms with van der Waals surface area (Å²) in [6, 6.07) is 11.0. The second kappa shape index (κ2) is 7.13. The summed E-state index contributed by atoms with van der Waals surface area (Å²) < 4.78 is 26.0. The zero-order valence-corrected chi connectivity index (χ0v) is 12.6. The fraction of sp³-hybridized carbons (Fsp3) is 0.235. The first kappa shape index (κ1) is 16.1. The molecule has 0 aliphatic heterocycles. The molecule has 3 nitrogen and oxygen atoms in total. The van der Waals surface area contributed by atoms with Crippen LogP contribution in [0.2, 0.25) is 0 Å². The highest BCUT2D eigenvalue weighted by molar-refractivity contribution is 5.94. The number of amides is 1. The number of hydrogen-bond donors (Lipinski definition) is 2. The Kier molecular flexibility index (Phi) is 5.22. The Balaban J connectivity index is 2.06. The molecule has 2 aromatic rings. The molecule has 0 aromatic heterocycles. The van der Waals surface area contributed by atoms with Gasteiger partial charge in [-0.2, -0.15) is 0 Å². The molecule has 0 aliphatic rings. The van der Waals surface area contributed by atoms with Gasteiger partial charge >= 0.3 is 0 Å². The van der Waals surface area contributed by atoms with Crippen molar-refractivity contribution >= 4 is 5.91 Å². The third kappa shape index (κ3) is 4.11. The first-order valence-corrected chi connectivity index (χ1v) is 7.06. The third-order valence-corrected chi connectivity index (χ3v) is 3.28. The fourth-order valence-corrected chi connectivity index (χ4v) is 2.20. The molecule has 0 radical (unpaired) electrons. The lowest BCUT2D eigenvalue weighted by molar-refractivity contribution is -0.872. The van der Waals surface area contributed by atoms with Gasteiger partial charge in [-0.15, -0.1) is 0 Å². The maximum Gasteiger partial charge on any atom is 0.251 e. The first-order valence-electron chi connectivity index (χ1n) is 7.06. The molecule has 5 heteroatoms. The van der Waals surface area contributed by atoms with Gasteiger partial charge in [0.2, 0.25) is 0 Å². The van der Waals surface area contributed by atoms with E-state index in [1.807, 2.05) is 24.3 Å². The van der Waals surface area contributed by atoms with Gasteiger partial charge in [-0.05, 0) is 23.8 Å². The summed E-state index contributed by atoms with van der Waals surface area (Å²) >= 11 is 0. The summed E-state index contributed by atoms with van der Waals surface area (Å²) in [7, 11) is 4.10. The van der Waals surface area contributed by atoms with E-state index in [2.05, 4.69) is 19.4 Å². The molecule has 2 aromatic carbocycles. The van der Waals surface area contributed by atoms with Crippen LogP contribution in [0.1, 0.15) is 21.5 Å². The smallest absolute Gasteiger partial charge is 0.251 e. The minimum Gasteiger partial charge on any atom is -0.348 e. The van der Waals surface area contributed by atoms with Crippen LogP contribution in [0.3, 0.4) is 0 Å². The summed E-state index contributed by atoms with van der Waals surface area (Å²) in [6.07, 6.45) is 0. The Hall–Kier alpha value is -2.27. The molecule has 0 saturated carbocycles. The number of halogens is 2. The molecule has 0 heterocycles. The van der Waals surface area contributed by atoms with E-state index in [9.17, 15) is 13.6 Å². The molecule has 116 valence electrons. The largest absolute Gasteiger partial charge is 0.348 e. The monoisotopic (exact) mass is 305 g/mol. The van der Waals surface area contributed by atoms with Crippen LogP contribution in [0.15, 0.2) is 42.5 Å². The Morgan fingerprint density at radius 2 is 1.73 bits per heavy atom. The maximum absolute atomic E-state index is 13.2. The van der Waals surface area contributed by atoms with Crippen molar-refractivity contribution in [1.29, 1.82) is 0 Å². The highest BCUT2D eigenvalue weighted by Gasteiger charge is 2.11. The van der Waals surface area contributed by atoms with Crippen molar-refractivity contribution in [2.24, 2.45) is 0 Å². The number of carbonyl (C=O) groups excluding carboxylic acids is 1. The van der Waals surface area contributed by atoms with Gasteiger partial charge in [0.05, 0.1) is 14.1 Å². The van der Waals surface area contributed by atoms with Gasteiger partial charge in [0.15, 0.2) is 11.6 Å². The van der Waals surface area contributed by atoms with Gasteiger partial charge in [0.25, 0.3) is 5.91 Å². The summed E-state index contributed by atoms with van der Waals surface area (Å²) in [5.74, 6) is -2.41. The minimum absolute atomic E-state index is 0.106. The average Bonchev–Trinajstić information content (AvgIpc) is 2.48. The van der Waals surface area contributed by atoms with Crippen molar-refractivity contribution in [3.05, 3.63) is 70.8 Å². The molecular formula is C17H19F2N2O+. The lowest BCUT2D eigenvalue weighted by Gasteiger charge is -2.13. The molecule has 0 bridgehead atoms. The van der Waals surface area contributed by atoms with Gasteiger partial charge < -0.3 is 10.2 Å². The predicted molar refractivity (Wildman–Crippen MR) is 80.5 cm³/mol. The molecule has 0 spiro atoms. The summed E-state index contributed by atoms with van der Waals surface area (Å²) in [6.45, 7) is 1.19. The number of benzene rings is 2. The van der Waals surface area contributed by atoms with Crippen molar-refractivity contribution in [2.75, 3.05) is 14.1 Å². The molecule has 1 amide bonds. The molecule has 0 saturated heterocycles. The first-order chi connectivity index (χ1) is 10.5. The number of quaternary nitrogens is 1. The summed E-state index contributed by atoms with van der Waals surface area (Å²) in [5, 5.41) is 2.74. The zero-order chi connectivity index (χ0) is 16.1. The van der Waals surface area contributed by atoms with E-state index in [-0.39, 0.29) is 5.56 Å². The van der Waals surface area contributed by atoms with Crippen LogP contribution in [0, 0.1) is 11.6 Å². The van der Waals surface area contributed by atoms with E-state index in [1.54, 1.807) is 0 Å². The van der Waals surface area contributed by atoms with Crippen LogP contribution in [0.4, 0.5) is 8.78 Å². The van der Waals surface area contributed by atoms with E-state index < -0.39 is 17.5 Å². The fourth-order valence-electron chi connectivity index (χ4n) is 2.20. The van der Waals surface area contributed by atoms with Crippen LogP contribution in [-0.2, 0) is 13.1 Å². The van der Waals surface area contributed by atoms with Crippen molar-refractivity contribution in [3.63, 3.8) is 0 Å². The van der Waals surface area contributed by atoms with E-state index in [0.717, 1.165) is 29.8 Å². The van der Waals surface area contributed by atoms with Gasteiger partial charge in [-0.1, -0.05) is 24.3 Å². The Bertz CT molecular complexity index is 671. The van der Waals surface area contributed by atoms with Crippen LogP contribution in [0.25, 0.3) is 0 Å². The van der Waals surface area contributed by atoms with Crippen LogP contribution >= 0.6 is 0 Å². The molecule has 2 rings (SSSR count). The van der Waals surface area contributed by atoms with E-state index in [1.165, 1.54) is 11.0 Å². The standard InChI is InChI=1S/C17H18F2N2O/c1-21(2)11-14-6-4-3-5-13(14)10-20-17(22)12-7-8-15(18)16(19)9-12/h3-9H,10-11H2,1-2H3,(H,20,22)/p+1. The van der Waals surface area contributed by atoms with Gasteiger partial charge in [-0.3, -0.25) is 4.79 Å². The van der Waals surface area contributed by atoms with E-state index in [4.69, 9.17) is 0 Å². The van der Waals surface area contributed by atoms with Crippen LogP contribution in [-0.4, -0.2) is 20.0 Å². The number of rotatable bonds is 5. The normalized spacial score (nSPS) is 10.8. The highest BCUT2D eigenvalue weighted by atomic mass is 19.2. The molecule has 0 aliphatic carbocycles. The van der Waals surface area contributed by atoms with Gasteiger partial charge in [0.1, 0.15) is 6.54 Å². The molecule has 2 N–H and O–H groups in total. The molecule has 0 unspecified atom stereocenters. The second-order valence-corrected chi connectivity index (χ2v) is 5.46. The second-order valence-electron chi connectivity index (χ2n) is 5.46. The van der Waals surface area contributed by atoms with Gasteiger partial charge in [-0.25, -0.2) is 8.78 Å². The molecule has 22 heavy (non-hydrogen) atoms. The molecule has 0 atom stereocenters. The zero-order valence-electron chi connectivity index (χ0n) is 12.6. The number of carbonyl (C=O) groups is 1. The maximum atomic E-state index is 13.2. The van der Waals surface area contributed by atoms with Crippen molar-refractivity contribution in [1.82, 2.24) is 5.32 Å². The number of hydrogen-bond acceptors (Lipinski definition) is 1. The highest BCUT2D eigenvalue weighted by Crippen LogP contribution is 2.10. The van der Waals surface area contributed by atoms with E-state index in [0.29, 0.717) is 6.54 Å². The third-order valence-electron chi connectivity index (χ3n) is 3.28. The lowest BCUT2D eigenvalue weighted by Crippen LogP contribution is -3.04. The van der Waals surface area contributed by atoms with E-state index >= 15 is 0 Å². The SMILES string of the molecule is C[NH+](C)Cc1ccccc1CNC(=O)c1ccc(F)c(F)c1. The summed E-state index contributed by atoms with van der Waals surface area (Å²) in [4.78, 5) is 13.3. The van der Waals surface area contributed by atoms with Crippen molar-refractivity contribution in [2.45, 2.75) is 13.1 Å². The molecular weight excluding hydrogens is 286 g/mol. The predicted octanol–water partition coefficient (Wildman–Crippen LogP) is 1.54. The Labute approximate surface area is 128 Å². The lowest BCUT2D eigenvalue weighted by atomic mass is 10.1. The average molecular weight is 305 g/mol. The minimum atomic E-state index is -1.02. The summed E-state index contributed by atoms with van der Waals surface area (Å²) in [5.41, 5.74) is 2.27. The molecule has 0 fully saturated rings. The topological polar surface area (TPSA) is 33.5 Å².